The number of halogens is 4. The van der Waals surface area contributed by atoms with Crippen LogP contribution in [0.3, 0.4) is 0 Å². The number of nitrogens with one attached hydrogen (secondary N) is 2. The zero-order valence-electron chi connectivity index (χ0n) is 13.7. The predicted molar refractivity (Wildman–Crippen MR) is 94.5 cm³/mol. The Hall–Kier alpha value is -1.38. The molecule has 9 heteroatoms. The molecule has 0 saturated carbocycles. The highest BCUT2D eigenvalue weighted by Gasteiger charge is 2.33. The van der Waals surface area contributed by atoms with Crippen LogP contribution in [0.1, 0.15) is 34.3 Å². The van der Waals surface area contributed by atoms with Crippen LogP contribution in [-0.2, 0) is 6.18 Å². The molecule has 3 rings (SSSR count). The standard InChI is InChI=1S/C16H18F3N3OS.ClH/c1-8-5-6-20-7-11(8)21-14(23)13-9(2)10-3-4-12(16(17,18)19)22-15(10)24-13;/h3-4,8,11,20H,5-7H2,1-2H3,(H,21,23);1H. The Morgan fingerprint density at radius 1 is 1.40 bits per heavy atom. The molecule has 0 spiro atoms. The van der Waals surface area contributed by atoms with Crippen molar-refractivity contribution in [3.63, 3.8) is 0 Å². The number of carbonyl (C=O) groups excluding carboxylic acids is 1. The van der Waals surface area contributed by atoms with E-state index >= 15 is 0 Å². The predicted octanol–water partition coefficient (Wildman–Crippen LogP) is 3.77. The van der Waals surface area contributed by atoms with E-state index in [-0.39, 0.29) is 29.2 Å². The van der Waals surface area contributed by atoms with Crippen LogP contribution in [0.2, 0.25) is 0 Å². The van der Waals surface area contributed by atoms with E-state index in [0.717, 1.165) is 30.4 Å². The molecule has 2 unspecified atom stereocenters. The molecule has 2 aromatic rings. The molecule has 2 aromatic heterocycles. The number of pyridine rings is 1. The number of aryl methyl sites for hydroxylation is 1. The second kappa shape index (κ2) is 7.47. The number of hydrogen-bond donors (Lipinski definition) is 2. The molecule has 138 valence electrons. The van der Waals surface area contributed by atoms with Crippen LogP contribution < -0.4 is 10.6 Å². The van der Waals surface area contributed by atoms with Crippen molar-refractivity contribution in [1.29, 1.82) is 0 Å². The van der Waals surface area contributed by atoms with E-state index in [0.29, 0.717) is 28.3 Å². The van der Waals surface area contributed by atoms with E-state index < -0.39 is 11.9 Å². The number of fused-ring (bicyclic) bond motifs is 1. The molecule has 4 nitrogen and oxygen atoms in total. The monoisotopic (exact) mass is 393 g/mol. The summed E-state index contributed by atoms with van der Waals surface area (Å²) in [4.78, 5) is 16.9. The van der Waals surface area contributed by atoms with Gasteiger partial charge in [0.25, 0.3) is 5.91 Å². The third-order valence-electron chi connectivity index (χ3n) is 4.44. The summed E-state index contributed by atoms with van der Waals surface area (Å²) in [6.45, 7) is 5.46. The fraction of sp³-hybridized carbons (Fsp3) is 0.500. The van der Waals surface area contributed by atoms with Gasteiger partial charge in [-0.05, 0) is 43.5 Å². The topological polar surface area (TPSA) is 54.0 Å². The van der Waals surface area contributed by atoms with Gasteiger partial charge in [0.15, 0.2) is 0 Å². The van der Waals surface area contributed by atoms with Gasteiger partial charge in [-0.25, -0.2) is 4.98 Å². The molecule has 2 atom stereocenters. The molecule has 25 heavy (non-hydrogen) atoms. The second-order valence-electron chi connectivity index (χ2n) is 6.15. The Bertz CT molecular complexity index is 778. The minimum Gasteiger partial charge on any atom is -0.347 e. The minimum atomic E-state index is -4.49. The van der Waals surface area contributed by atoms with Crippen LogP contribution in [-0.4, -0.2) is 30.0 Å². The lowest BCUT2D eigenvalue weighted by Crippen LogP contribution is -2.50. The van der Waals surface area contributed by atoms with Crippen molar-refractivity contribution < 1.29 is 18.0 Å². The van der Waals surface area contributed by atoms with Crippen molar-refractivity contribution >= 4 is 39.9 Å². The summed E-state index contributed by atoms with van der Waals surface area (Å²) >= 11 is 1.01. The molecule has 1 aliphatic heterocycles. The third-order valence-corrected chi connectivity index (χ3v) is 5.64. The van der Waals surface area contributed by atoms with Crippen LogP contribution in [0.4, 0.5) is 13.2 Å². The number of piperidine rings is 1. The lowest BCUT2D eigenvalue weighted by atomic mass is 9.95. The van der Waals surface area contributed by atoms with E-state index in [1.807, 2.05) is 0 Å². The summed E-state index contributed by atoms with van der Waals surface area (Å²) in [7, 11) is 0. The first-order chi connectivity index (χ1) is 11.3. The Labute approximate surface area is 153 Å². The van der Waals surface area contributed by atoms with Gasteiger partial charge >= 0.3 is 6.18 Å². The highest BCUT2D eigenvalue weighted by Crippen LogP contribution is 2.34. The van der Waals surface area contributed by atoms with Crippen molar-refractivity contribution in [3.8, 4) is 0 Å². The summed E-state index contributed by atoms with van der Waals surface area (Å²) in [6.07, 6.45) is -3.51. The summed E-state index contributed by atoms with van der Waals surface area (Å²) in [5.41, 5.74) is -0.265. The number of carbonyl (C=O) groups is 1. The van der Waals surface area contributed by atoms with Crippen molar-refractivity contribution in [2.45, 2.75) is 32.5 Å². The smallest absolute Gasteiger partial charge is 0.347 e. The zero-order chi connectivity index (χ0) is 17.5. The molecule has 1 aliphatic rings. The van der Waals surface area contributed by atoms with Gasteiger partial charge in [0, 0.05) is 18.0 Å². The van der Waals surface area contributed by atoms with Gasteiger partial charge in [-0.15, -0.1) is 23.7 Å². The maximum atomic E-state index is 12.8. The van der Waals surface area contributed by atoms with Crippen LogP contribution in [0.5, 0.6) is 0 Å². The second-order valence-corrected chi connectivity index (χ2v) is 7.15. The van der Waals surface area contributed by atoms with Crippen molar-refractivity contribution in [3.05, 3.63) is 28.3 Å². The van der Waals surface area contributed by atoms with Gasteiger partial charge in [-0.2, -0.15) is 13.2 Å². The Kier molecular flexibility index (Phi) is 5.96. The maximum absolute atomic E-state index is 12.8. The van der Waals surface area contributed by atoms with E-state index in [1.165, 1.54) is 6.07 Å². The lowest BCUT2D eigenvalue weighted by Gasteiger charge is -2.30. The summed E-state index contributed by atoms with van der Waals surface area (Å²) in [5.74, 6) is 0.115. The van der Waals surface area contributed by atoms with Gasteiger partial charge in [0.05, 0.1) is 4.88 Å². The molecule has 1 amide bonds. The van der Waals surface area contributed by atoms with Gasteiger partial charge in [-0.3, -0.25) is 4.79 Å². The first-order valence-corrected chi connectivity index (χ1v) is 8.58. The summed E-state index contributed by atoms with van der Waals surface area (Å²) in [6, 6.07) is 2.37. The molecule has 0 aliphatic carbocycles. The summed E-state index contributed by atoms with van der Waals surface area (Å²) < 4.78 is 38.4. The molecule has 0 radical (unpaired) electrons. The average Bonchev–Trinajstić information content (AvgIpc) is 2.85. The fourth-order valence-corrected chi connectivity index (χ4v) is 3.97. The van der Waals surface area contributed by atoms with E-state index in [1.54, 1.807) is 6.92 Å². The molecular formula is C16H19ClF3N3OS. The molecule has 1 saturated heterocycles. The van der Waals surface area contributed by atoms with Crippen LogP contribution in [0.15, 0.2) is 12.1 Å². The zero-order valence-corrected chi connectivity index (χ0v) is 15.4. The molecule has 0 bridgehead atoms. The largest absolute Gasteiger partial charge is 0.433 e. The molecular weight excluding hydrogens is 375 g/mol. The quantitative estimate of drug-likeness (QED) is 0.816. The van der Waals surface area contributed by atoms with Gasteiger partial charge in [0.2, 0.25) is 0 Å². The highest BCUT2D eigenvalue weighted by molar-refractivity contribution is 7.20. The van der Waals surface area contributed by atoms with Gasteiger partial charge < -0.3 is 10.6 Å². The number of nitrogens with zero attached hydrogens (tertiary/aromatic N) is 1. The van der Waals surface area contributed by atoms with Crippen molar-refractivity contribution in [2.24, 2.45) is 5.92 Å². The molecule has 0 aromatic carbocycles. The SMILES string of the molecule is Cc1c(C(=O)NC2CNCCC2C)sc2nc(C(F)(F)F)ccc12.Cl. The van der Waals surface area contributed by atoms with Crippen LogP contribution in [0.25, 0.3) is 10.2 Å². The van der Waals surface area contributed by atoms with Crippen molar-refractivity contribution in [2.75, 3.05) is 13.1 Å². The number of aromatic nitrogens is 1. The highest BCUT2D eigenvalue weighted by atomic mass is 35.5. The fourth-order valence-electron chi connectivity index (χ4n) is 2.89. The molecule has 3 heterocycles. The Balaban J connectivity index is 0.00000225. The van der Waals surface area contributed by atoms with Crippen LogP contribution in [0, 0.1) is 12.8 Å². The molecule has 1 fully saturated rings. The number of amides is 1. The number of alkyl halides is 3. The first-order valence-electron chi connectivity index (χ1n) is 7.76. The number of rotatable bonds is 2. The van der Waals surface area contributed by atoms with Crippen molar-refractivity contribution in [1.82, 2.24) is 15.6 Å². The normalized spacial score (nSPS) is 21.0. The first kappa shape index (κ1) is 19.9. The Morgan fingerprint density at radius 2 is 2.12 bits per heavy atom. The number of thiophene rings is 1. The lowest BCUT2D eigenvalue weighted by molar-refractivity contribution is -0.140. The van der Waals surface area contributed by atoms with E-state index in [9.17, 15) is 18.0 Å². The van der Waals surface area contributed by atoms with Crippen LogP contribution >= 0.6 is 23.7 Å². The Morgan fingerprint density at radius 3 is 2.76 bits per heavy atom. The van der Waals surface area contributed by atoms with Gasteiger partial charge in [-0.1, -0.05) is 6.92 Å². The van der Waals surface area contributed by atoms with E-state index in [4.69, 9.17) is 0 Å². The average molecular weight is 394 g/mol. The van der Waals surface area contributed by atoms with Gasteiger partial charge in [0.1, 0.15) is 10.5 Å². The minimum absolute atomic E-state index is 0. The van der Waals surface area contributed by atoms with E-state index in [2.05, 4.69) is 22.5 Å². The third kappa shape index (κ3) is 4.07. The molecule has 2 N–H and O–H groups in total. The number of hydrogen-bond acceptors (Lipinski definition) is 4. The maximum Gasteiger partial charge on any atom is 0.433 e. The summed E-state index contributed by atoms with van der Waals surface area (Å²) in [5, 5.41) is 6.82.